The van der Waals surface area contributed by atoms with E-state index < -0.39 is 0 Å². The number of rotatable bonds is 5. The molecule has 1 heterocycles. The Balaban J connectivity index is 0.00000156. The van der Waals surface area contributed by atoms with Gasteiger partial charge in [0.1, 0.15) is 13.7 Å². The molecular weight excluding hydrogens is 502 g/mol. The molecular formula is C29H33BClFN4S. The third-order valence-corrected chi connectivity index (χ3v) is 7.83. The van der Waals surface area contributed by atoms with Crippen LogP contribution in [0, 0.1) is 19.7 Å². The summed E-state index contributed by atoms with van der Waals surface area (Å²) in [5, 5.41) is 5.56. The van der Waals surface area contributed by atoms with E-state index in [-0.39, 0.29) is 11.4 Å². The minimum absolute atomic E-state index is 0.104. The largest absolute Gasteiger partial charge is 0.365 e. The number of halogens is 2. The number of nitrogens with one attached hydrogen (secondary N) is 1. The molecule has 0 unspecified atom stereocenters. The minimum atomic E-state index is -0.277. The highest BCUT2D eigenvalue weighted by Crippen LogP contribution is 2.46. The highest BCUT2D eigenvalue weighted by atomic mass is 35.5. The summed E-state index contributed by atoms with van der Waals surface area (Å²) in [6.07, 6.45) is 2.04. The van der Waals surface area contributed by atoms with E-state index >= 15 is 0 Å². The lowest BCUT2D eigenvalue weighted by Crippen LogP contribution is -2.57. The zero-order valence-electron chi connectivity index (χ0n) is 21.9. The highest BCUT2D eigenvalue weighted by Gasteiger charge is 2.53. The lowest BCUT2D eigenvalue weighted by atomic mass is 9.95. The van der Waals surface area contributed by atoms with Crippen LogP contribution in [0.3, 0.4) is 0 Å². The topological polar surface area (TPSA) is 30.9 Å². The Morgan fingerprint density at radius 1 is 1.05 bits per heavy atom. The Morgan fingerprint density at radius 3 is 2.43 bits per heavy atom. The number of anilines is 1. The van der Waals surface area contributed by atoms with Gasteiger partial charge in [-0.15, -0.1) is 0 Å². The van der Waals surface area contributed by atoms with Crippen molar-refractivity contribution >= 4 is 48.4 Å². The van der Waals surface area contributed by atoms with Crippen LogP contribution in [-0.4, -0.2) is 43.8 Å². The second kappa shape index (κ2) is 11.8. The first-order valence-corrected chi connectivity index (χ1v) is 14.0. The number of hydrogen-bond donors (Lipinski definition) is 1. The molecule has 1 N–H and O–H groups in total. The summed E-state index contributed by atoms with van der Waals surface area (Å²) < 4.78 is 14.7. The van der Waals surface area contributed by atoms with Crippen molar-refractivity contribution in [1.82, 2.24) is 9.73 Å². The Morgan fingerprint density at radius 2 is 1.78 bits per heavy atom. The molecule has 5 rings (SSSR count). The first kappa shape index (κ1) is 27.4. The Labute approximate surface area is 230 Å². The predicted octanol–water partition coefficient (Wildman–Crippen LogP) is 6.23. The van der Waals surface area contributed by atoms with Gasteiger partial charge in [0, 0.05) is 42.0 Å². The van der Waals surface area contributed by atoms with Gasteiger partial charge in [-0.3, -0.25) is 0 Å². The Hall–Kier alpha value is -2.64. The average Bonchev–Trinajstić information content (AvgIpc) is 3.64. The number of aryl methyl sites for hydroxylation is 2. The van der Waals surface area contributed by atoms with Gasteiger partial charge in [0.05, 0.1) is 16.2 Å². The average molecular weight is 535 g/mol. The molecule has 1 aliphatic heterocycles. The zero-order chi connectivity index (χ0) is 26.6. The smallest absolute Gasteiger partial charge is 0.159 e. The monoisotopic (exact) mass is 534 g/mol. The van der Waals surface area contributed by atoms with Crippen LogP contribution in [0.25, 0.3) is 0 Å². The van der Waals surface area contributed by atoms with E-state index in [4.69, 9.17) is 24.5 Å². The van der Waals surface area contributed by atoms with E-state index in [1.807, 2.05) is 26.0 Å². The quantitative estimate of drug-likeness (QED) is 0.138. The van der Waals surface area contributed by atoms with Gasteiger partial charge >= 0.3 is 0 Å². The van der Waals surface area contributed by atoms with E-state index in [0.29, 0.717) is 29.3 Å². The number of hydrazone groups is 1. The molecule has 37 heavy (non-hydrogen) atoms. The predicted molar refractivity (Wildman–Crippen MR) is 157 cm³/mol. The fourth-order valence-electron chi connectivity index (χ4n) is 4.76. The summed E-state index contributed by atoms with van der Waals surface area (Å²) >= 11 is 8.19. The summed E-state index contributed by atoms with van der Waals surface area (Å²) in [5.41, 5.74) is 4.16. The van der Waals surface area contributed by atoms with Gasteiger partial charge < -0.3 is 9.80 Å². The third kappa shape index (κ3) is 6.10. The fraction of sp³-hybridized carbons (Fsp3) is 0.345. The summed E-state index contributed by atoms with van der Waals surface area (Å²) in [6.45, 7) is 10.2. The van der Waals surface area contributed by atoms with E-state index in [1.165, 1.54) is 23.6 Å². The summed E-state index contributed by atoms with van der Waals surface area (Å²) in [4.78, 5) is 8.79. The molecule has 1 saturated carbocycles. The van der Waals surface area contributed by atoms with Gasteiger partial charge in [-0.05, 0) is 62.6 Å². The van der Waals surface area contributed by atoms with Crippen molar-refractivity contribution in [3.63, 3.8) is 0 Å². The normalized spacial score (nSPS) is 16.3. The molecule has 3 aromatic rings. The molecule has 1 aliphatic carbocycles. The van der Waals surface area contributed by atoms with Crippen molar-refractivity contribution in [2.75, 3.05) is 24.5 Å². The molecule has 2 aliphatic rings. The molecule has 3 aromatic carbocycles. The van der Waals surface area contributed by atoms with Crippen LogP contribution in [0.5, 0.6) is 0 Å². The Kier molecular flexibility index (Phi) is 8.76. The van der Waals surface area contributed by atoms with E-state index in [0.717, 1.165) is 41.2 Å². The van der Waals surface area contributed by atoms with E-state index in [9.17, 15) is 4.39 Å². The number of benzene rings is 3. The maximum Gasteiger partial charge on any atom is 0.159 e. The first-order chi connectivity index (χ1) is 17.9. The fourth-order valence-corrected chi connectivity index (χ4v) is 5.57. The standard InChI is InChI=1S/C27H27BClFN4S.C2H6/c1-18-6-9-21(10-7-18)35-32-31-26(25-19(2)4-3-5-22(25)29)34-15-14-33(17-27(34)12-13-27)24-11-8-20(28)16-23(24)30;1-2/h3-11,16,32H,12-15,17H2,1-2H3;1-2H3/b31-26+;. The lowest BCUT2D eigenvalue weighted by Gasteiger charge is -2.45. The molecule has 1 spiro atoms. The molecule has 0 bridgehead atoms. The van der Waals surface area contributed by atoms with Crippen molar-refractivity contribution in [2.45, 2.75) is 51.0 Å². The second-order valence-electron chi connectivity index (χ2n) is 9.38. The van der Waals surface area contributed by atoms with Crippen molar-refractivity contribution in [3.05, 3.63) is 88.2 Å². The highest BCUT2D eigenvalue weighted by molar-refractivity contribution is 7.97. The maximum absolute atomic E-state index is 14.7. The summed E-state index contributed by atoms with van der Waals surface area (Å²) in [6, 6.07) is 19.2. The zero-order valence-corrected chi connectivity index (χ0v) is 23.5. The molecule has 0 atom stereocenters. The van der Waals surface area contributed by atoms with Crippen molar-refractivity contribution in [3.8, 4) is 0 Å². The Bertz CT molecular complexity index is 1240. The maximum atomic E-state index is 14.7. The van der Waals surface area contributed by atoms with Crippen LogP contribution >= 0.6 is 23.5 Å². The molecule has 2 radical (unpaired) electrons. The molecule has 2 fully saturated rings. The van der Waals surface area contributed by atoms with Crippen LogP contribution in [-0.2, 0) is 0 Å². The molecule has 1 saturated heterocycles. The van der Waals surface area contributed by atoms with Gasteiger partial charge in [0.15, 0.2) is 5.84 Å². The van der Waals surface area contributed by atoms with Crippen LogP contribution in [0.2, 0.25) is 5.02 Å². The van der Waals surface area contributed by atoms with Crippen LogP contribution in [0.1, 0.15) is 43.4 Å². The number of nitrogens with zero attached hydrogens (tertiary/aromatic N) is 3. The third-order valence-electron chi connectivity index (χ3n) is 6.83. The van der Waals surface area contributed by atoms with E-state index in [2.05, 4.69) is 58.8 Å². The number of piperazine rings is 1. The van der Waals surface area contributed by atoms with Crippen LogP contribution in [0.4, 0.5) is 10.1 Å². The van der Waals surface area contributed by atoms with Gasteiger partial charge in [-0.25, -0.2) is 9.22 Å². The molecule has 4 nitrogen and oxygen atoms in total. The van der Waals surface area contributed by atoms with Crippen LogP contribution < -0.4 is 15.2 Å². The molecule has 0 aromatic heterocycles. The SMILES string of the molecule is CC.[B]c1ccc(N2CCN(/C(=N/NSc3ccc(C)cc3)c3c(C)cccc3Cl)C3(CC3)C2)c(F)c1. The molecule has 0 amide bonds. The van der Waals surface area contributed by atoms with E-state index in [1.54, 1.807) is 12.1 Å². The molecule has 192 valence electrons. The second-order valence-corrected chi connectivity index (χ2v) is 10.6. The van der Waals surface area contributed by atoms with Gasteiger partial charge in [-0.2, -0.15) is 5.10 Å². The summed E-state index contributed by atoms with van der Waals surface area (Å²) in [5.74, 6) is 0.559. The first-order valence-electron chi connectivity index (χ1n) is 12.8. The minimum Gasteiger partial charge on any atom is -0.365 e. The van der Waals surface area contributed by atoms with Gasteiger partial charge in [0.25, 0.3) is 0 Å². The number of hydrogen-bond acceptors (Lipinski definition) is 4. The van der Waals surface area contributed by atoms with Crippen molar-refractivity contribution in [1.29, 1.82) is 0 Å². The lowest BCUT2D eigenvalue weighted by molar-refractivity contribution is 0.258. The summed E-state index contributed by atoms with van der Waals surface area (Å²) in [7, 11) is 5.77. The van der Waals surface area contributed by atoms with Crippen molar-refractivity contribution < 1.29 is 4.39 Å². The van der Waals surface area contributed by atoms with Gasteiger partial charge in [0.2, 0.25) is 0 Å². The van der Waals surface area contributed by atoms with Gasteiger partial charge in [-0.1, -0.05) is 66.8 Å². The number of amidine groups is 1. The van der Waals surface area contributed by atoms with Crippen molar-refractivity contribution in [2.24, 2.45) is 5.10 Å². The van der Waals surface area contributed by atoms with Crippen LogP contribution in [0.15, 0.2) is 70.7 Å². The molecule has 8 heteroatoms.